The van der Waals surface area contributed by atoms with Gasteiger partial charge in [0.1, 0.15) is 5.82 Å². The molecule has 0 atom stereocenters. The highest BCUT2D eigenvalue weighted by Crippen LogP contribution is 2.30. The van der Waals surface area contributed by atoms with E-state index < -0.39 is 0 Å². The number of halogens is 2. The molecule has 0 spiro atoms. The van der Waals surface area contributed by atoms with Crippen molar-refractivity contribution >= 4 is 34.3 Å². The predicted octanol–water partition coefficient (Wildman–Crippen LogP) is 5.18. The molecule has 0 aliphatic heterocycles. The van der Waals surface area contributed by atoms with E-state index in [0.29, 0.717) is 5.02 Å². The van der Waals surface area contributed by atoms with Gasteiger partial charge in [-0.3, -0.25) is 4.98 Å². The van der Waals surface area contributed by atoms with Crippen molar-refractivity contribution in [2.24, 2.45) is 0 Å². The molecule has 94 valence electrons. The number of pyridine rings is 1. The quantitative estimate of drug-likeness (QED) is 0.645. The van der Waals surface area contributed by atoms with Crippen LogP contribution in [0.4, 0.5) is 4.39 Å². The zero-order valence-corrected chi connectivity index (χ0v) is 11.4. The van der Waals surface area contributed by atoms with E-state index >= 15 is 0 Å². The maximum atomic E-state index is 13.1. The Morgan fingerprint density at radius 1 is 1.00 bits per heavy atom. The molecule has 0 amide bonds. The van der Waals surface area contributed by atoms with E-state index in [0.717, 1.165) is 20.7 Å². The van der Waals surface area contributed by atoms with E-state index in [1.807, 2.05) is 30.3 Å². The minimum absolute atomic E-state index is 0.234. The first-order valence-corrected chi connectivity index (χ1v) is 6.89. The highest BCUT2D eigenvalue weighted by molar-refractivity contribution is 7.99. The van der Waals surface area contributed by atoms with Gasteiger partial charge in [-0.15, -0.1) is 0 Å². The van der Waals surface area contributed by atoms with Crippen LogP contribution in [0.3, 0.4) is 0 Å². The Labute approximate surface area is 119 Å². The Morgan fingerprint density at radius 3 is 2.74 bits per heavy atom. The molecule has 0 saturated carbocycles. The lowest BCUT2D eigenvalue weighted by Crippen LogP contribution is -1.81. The van der Waals surface area contributed by atoms with Crippen LogP contribution in [0.15, 0.2) is 64.5 Å². The monoisotopic (exact) mass is 289 g/mol. The largest absolute Gasteiger partial charge is 0.255 e. The molecule has 1 aromatic heterocycles. The highest BCUT2D eigenvalue weighted by Gasteiger charge is 2.02. The van der Waals surface area contributed by atoms with E-state index in [-0.39, 0.29) is 5.82 Å². The second-order valence-corrected chi connectivity index (χ2v) is 5.65. The number of hydrogen-bond acceptors (Lipinski definition) is 2. The summed E-state index contributed by atoms with van der Waals surface area (Å²) in [7, 11) is 0. The molecule has 3 rings (SSSR count). The fourth-order valence-corrected chi connectivity index (χ4v) is 2.87. The van der Waals surface area contributed by atoms with Crippen molar-refractivity contribution in [3.05, 3.63) is 65.6 Å². The summed E-state index contributed by atoms with van der Waals surface area (Å²) >= 11 is 7.44. The summed E-state index contributed by atoms with van der Waals surface area (Å²) in [5, 5.41) is 1.66. The Balaban J connectivity index is 1.97. The van der Waals surface area contributed by atoms with Crippen molar-refractivity contribution in [1.29, 1.82) is 0 Å². The van der Waals surface area contributed by atoms with Gasteiger partial charge >= 0.3 is 0 Å². The van der Waals surface area contributed by atoms with E-state index in [1.165, 1.54) is 23.9 Å². The van der Waals surface area contributed by atoms with Gasteiger partial charge in [-0.05, 0) is 42.5 Å². The fourth-order valence-electron chi connectivity index (χ4n) is 1.80. The zero-order chi connectivity index (χ0) is 13.2. The van der Waals surface area contributed by atoms with Crippen LogP contribution in [0, 0.1) is 5.82 Å². The average Bonchev–Trinajstić information content (AvgIpc) is 2.38. The lowest BCUT2D eigenvalue weighted by atomic mass is 10.2. The van der Waals surface area contributed by atoms with Gasteiger partial charge in [0.2, 0.25) is 0 Å². The van der Waals surface area contributed by atoms with Crippen LogP contribution in [-0.4, -0.2) is 4.98 Å². The van der Waals surface area contributed by atoms with Crippen LogP contribution in [0.25, 0.3) is 10.9 Å². The van der Waals surface area contributed by atoms with Gasteiger partial charge in [-0.25, -0.2) is 4.39 Å². The van der Waals surface area contributed by atoms with Gasteiger partial charge in [0.05, 0.1) is 5.52 Å². The van der Waals surface area contributed by atoms with Gasteiger partial charge in [0, 0.05) is 26.4 Å². The third-order valence-corrected chi connectivity index (χ3v) is 3.83. The fraction of sp³-hybridized carbons (Fsp3) is 0. The highest BCUT2D eigenvalue weighted by atomic mass is 35.5. The first kappa shape index (κ1) is 12.5. The number of aromatic nitrogens is 1. The maximum Gasteiger partial charge on any atom is 0.124 e. The Kier molecular flexibility index (Phi) is 3.40. The number of fused-ring (bicyclic) bond motifs is 1. The summed E-state index contributed by atoms with van der Waals surface area (Å²) in [6.45, 7) is 0. The second-order valence-electron chi connectivity index (χ2n) is 4.07. The molecule has 4 heteroatoms. The van der Waals surface area contributed by atoms with Crippen LogP contribution >= 0.6 is 23.4 Å². The Bertz CT molecular complexity index is 745. The van der Waals surface area contributed by atoms with Crippen molar-refractivity contribution in [3.8, 4) is 0 Å². The summed E-state index contributed by atoms with van der Waals surface area (Å²) in [6.07, 6.45) is 1.78. The molecule has 1 heterocycles. The molecule has 0 fully saturated rings. The summed E-state index contributed by atoms with van der Waals surface area (Å²) in [5.74, 6) is -0.234. The average molecular weight is 290 g/mol. The third kappa shape index (κ3) is 2.88. The molecular formula is C15H9ClFNS. The molecule has 0 N–H and O–H groups in total. The summed E-state index contributed by atoms with van der Waals surface area (Å²) in [5.41, 5.74) is 0.896. The van der Waals surface area contributed by atoms with Crippen molar-refractivity contribution < 1.29 is 4.39 Å². The van der Waals surface area contributed by atoms with E-state index in [2.05, 4.69) is 4.98 Å². The van der Waals surface area contributed by atoms with Crippen LogP contribution < -0.4 is 0 Å². The minimum Gasteiger partial charge on any atom is -0.255 e. The van der Waals surface area contributed by atoms with Gasteiger partial charge in [-0.1, -0.05) is 29.4 Å². The molecule has 0 aliphatic rings. The predicted molar refractivity (Wildman–Crippen MR) is 77.3 cm³/mol. The number of benzene rings is 2. The van der Waals surface area contributed by atoms with Crippen molar-refractivity contribution in [2.45, 2.75) is 9.79 Å². The standard InChI is InChI=1S/C15H9ClFNS/c16-11-4-5-15-10(6-11)7-14(9-18-15)19-13-3-1-2-12(17)8-13/h1-9H. The van der Waals surface area contributed by atoms with Crippen LogP contribution in [-0.2, 0) is 0 Å². The van der Waals surface area contributed by atoms with Crippen molar-refractivity contribution in [2.75, 3.05) is 0 Å². The summed E-state index contributed by atoms with van der Waals surface area (Å²) < 4.78 is 13.1. The van der Waals surface area contributed by atoms with E-state index in [1.54, 1.807) is 12.3 Å². The van der Waals surface area contributed by atoms with Gasteiger partial charge in [0.15, 0.2) is 0 Å². The minimum atomic E-state index is -0.234. The Morgan fingerprint density at radius 2 is 1.89 bits per heavy atom. The van der Waals surface area contributed by atoms with E-state index in [9.17, 15) is 4.39 Å². The van der Waals surface area contributed by atoms with Crippen molar-refractivity contribution in [3.63, 3.8) is 0 Å². The van der Waals surface area contributed by atoms with Gasteiger partial charge in [-0.2, -0.15) is 0 Å². The van der Waals surface area contributed by atoms with Crippen LogP contribution in [0.1, 0.15) is 0 Å². The van der Waals surface area contributed by atoms with Crippen molar-refractivity contribution in [1.82, 2.24) is 4.98 Å². The number of rotatable bonds is 2. The lowest BCUT2D eigenvalue weighted by molar-refractivity contribution is 0.624. The smallest absolute Gasteiger partial charge is 0.124 e. The molecule has 0 saturated heterocycles. The topological polar surface area (TPSA) is 12.9 Å². The number of hydrogen-bond donors (Lipinski definition) is 0. The van der Waals surface area contributed by atoms with E-state index in [4.69, 9.17) is 11.6 Å². The first-order chi connectivity index (χ1) is 9.20. The molecular weight excluding hydrogens is 281 g/mol. The molecule has 0 bridgehead atoms. The normalized spacial score (nSPS) is 10.8. The zero-order valence-electron chi connectivity index (χ0n) is 9.81. The molecule has 3 aromatic rings. The summed E-state index contributed by atoms with van der Waals surface area (Å²) in [6, 6.07) is 14.1. The molecule has 0 aliphatic carbocycles. The molecule has 2 aromatic carbocycles. The number of nitrogens with zero attached hydrogens (tertiary/aromatic N) is 1. The Hall–Kier alpha value is -1.58. The maximum absolute atomic E-state index is 13.1. The molecule has 1 nitrogen and oxygen atoms in total. The molecule has 19 heavy (non-hydrogen) atoms. The SMILES string of the molecule is Fc1cccc(Sc2cnc3ccc(Cl)cc3c2)c1. The summed E-state index contributed by atoms with van der Waals surface area (Å²) in [4.78, 5) is 6.18. The van der Waals surface area contributed by atoms with Crippen LogP contribution in [0.2, 0.25) is 5.02 Å². The molecule has 0 radical (unpaired) electrons. The second kappa shape index (κ2) is 5.19. The van der Waals surface area contributed by atoms with Crippen LogP contribution in [0.5, 0.6) is 0 Å². The molecule has 0 unspecified atom stereocenters. The van der Waals surface area contributed by atoms with Gasteiger partial charge in [0.25, 0.3) is 0 Å². The third-order valence-electron chi connectivity index (χ3n) is 2.65. The first-order valence-electron chi connectivity index (χ1n) is 5.69. The lowest BCUT2D eigenvalue weighted by Gasteiger charge is -2.04. The van der Waals surface area contributed by atoms with Gasteiger partial charge < -0.3 is 0 Å².